The molecule has 21 heavy (non-hydrogen) atoms. The minimum Gasteiger partial charge on any atom is -0.497 e. The summed E-state index contributed by atoms with van der Waals surface area (Å²) in [6.07, 6.45) is 2.28. The van der Waals surface area contributed by atoms with E-state index in [1.165, 1.54) is 0 Å². The minimum absolute atomic E-state index is 0.174. The van der Waals surface area contributed by atoms with Gasteiger partial charge in [0.2, 0.25) is 0 Å². The van der Waals surface area contributed by atoms with Crippen LogP contribution in [0.15, 0.2) is 18.2 Å². The van der Waals surface area contributed by atoms with Crippen molar-refractivity contribution < 1.29 is 19.4 Å². The Bertz CT molecular complexity index is 439. The average molecular weight is 295 g/mol. The van der Waals surface area contributed by atoms with E-state index in [1.807, 2.05) is 18.2 Å². The second kappa shape index (κ2) is 8.52. The van der Waals surface area contributed by atoms with Gasteiger partial charge in [0, 0.05) is 12.6 Å². The van der Waals surface area contributed by atoms with Crippen LogP contribution in [0.25, 0.3) is 0 Å². The zero-order valence-corrected chi connectivity index (χ0v) is 13.0. The molecule has 0 aliphatic rings. The van der Waals surface area contributed by atoms with E-state index >= 15 is 0 Å². The van der Waals surface area contributed by atoms with Crippen molar-refractivity contribution in [1.29, 1.82) is 0 Å². The quantitative estimate of drug-likeness (QED) is 0.730. The maximum absolute atomic E-state index is 11.1. The maximum Gasteiger partial charge on any atom is 0.307 e. The molecular weight excluding hydrogens is 270 g/mol. The number of carboxylic acid groups (broad SMARTS) is 1. The van der Waals surface area contributed by atoms with Gasteiger partial charge in [-0.1, -0.05) is 13.3 Å². The molecule has 2 unspecified atom stereocenters. The number of hydrogen-bond donors (Lipinski definition) is 2. The van der Waals surface area contributed by atoms with E-state index in [1.54, 1.807) is 14.2 Å². The molecule has 5 heteroatoms. The molecule has 0 aliphatic heterocycles. The summed E-state index contributed by atoms with van der Waals surface area (Å²) in [6, 6.07) is 5.75. The van der Waals surface area contributed by atoms with Crippen molar-refractivity contribution in [3.05, 3.63) is 23.8 Å². The van der Waals surface area contributed by atoms with Crippen LogP contribution >= 0.6 is 0 Å². The first kappa shape index (κ1) is 17.3. The lowest BCUT2D eigenvalue weighted by molar-refractivity contribution is -0.142. The standard InChI is InChI=1S/C16H25NO4/c1-4-11(6-13(10-17)16(18)19)5-12-7-14(20-2)9-15(8-12)21-3/h7-9,11,13H,4-6,10,17H2,1-3H3,(H,18,19). The van der Waals surface area contributed by atoms with Crippen LogP contribution in [0.4, 0.5) is 0 Å². The van der Waals surface area contributed by atoms with Crippen LogP contribution in [0.1, 0.15) is 25.3 Å². The maximum atomic E-state index is 11.1. The van der Waals surface area contributed by atoms with Crippen molar-refractivity contribution in [3.8, 4) is 11.5 Å². The van der Waals surface area contributed by atoms with Crippen LogP contribution in [-0.4, -0.2) is 31.8 Å². The van der Waals surface area contributed by atoms with Crippen molar-refractivity contribution in [2.45, 2.75) is 26.2 Å². The van der Waals surface area contributed by atoms with Gasteiger partial charge in [0.05, 0.1) is 20.1 Å². The highest BCUT2D eigenvalue weighted by Gasteiger charge is 2.21. The van der Waals surface area contributed by atoms with E-state index in [4.69, 9.17) is 20.3 Å². The Morgan fingerprint density at radius 3 is 2.19 bits per heavy atom. The van der Waals surface area contributed by atoms with E-state index < -0.39 is 11.9 Å². The molecule has 2 atom stereocenters. The summed E-state index contributed by atoms with van der Waals surface area (Å²) in [5.41, 5.74) is 6.62. The van der Waals surface area contributed by atoms with Crippen molar-refractivity contribution in [1.82, 2.24) is 0 Å². The van der Waals surface area contributed by atoms with Crippen LogP contribution in [-0.2, 0) is 11.2 Å². The van der Waals surface area contributed by atoms with E-state index in [0.29, 0.717) is 6.42 Å². The van der Waals surface area contributed by atoms with Gasteiger partial charge in [0.1, 0.15) is 11.5 Å². The molecular formula is C16H25NO4. The third kappa shape index (κ3) is 5.27. The molecule has 3 N–H and O–H groups in total. The Kier molecular flexibility index (Phi) is 7.02. The second-order valence-electron chi connectivity index (χ2n) is 5.21. The predicted octanol–water partition coefficient (Wildman–Crippen LogP) is 2.32. The third-order valence-corrected chi connectivity index (χ3v) is 3.76. The molecule has 5 nitrogen and oxygen atoms in total. The highest BCUT2D eigenvalue weighted by molar-refractivity contribution is 5.70. The Labute approximate surface area is 126 Å². The summed E-state index contributed by atoms with van der Waals surface area (Å²) in [6.45, 7) is 2.24. The monoisotopic (exact) mass is 295 g/mol. The Hall–Kier alpha value is -1.75. The molecule has 0 saturated carbocycles. The SMILES string of the molecule is CCC(Cc1cc(OC)cc(OC)c1)CC(CN)C(=O)O. The molecule has 0 bridgehead atoms. The van der Waals surface area contributed by atoms with Gasteiger partial charge in [-0.15, -0.1) is 0 Å². The van der Waals surface area contributed by atoms with Crippen molar-refractivity contribution >= 4 is 5.97 Å². The number of ether oxygens (including phenoxy) is 2. The minimum atomic E-state index is -0.820. The molecule has 1 aromatic rings. The summed E-state index contributed by atoms with van der Waals surface area (Å²) in [7, 11) is 3.23. The van der Waals surface area contributed by atoms with Gasteiger partial charge in [-0.25, -0.2) is 0 Å². The third-order valence-electron chi connectivity index (χ3n) is 3.76. The number of methoxy groups -OCH3 is 2. The van der Waals surface area contributed by atoms with Gasteiger partial charge < -0.3 is 20.3 Å². The molecule has 1 aromatic carbocycles. The lowest BCUT2D eigenvalue weighted by Crippen LogP contribution is -2.26. The van der Waals surface area contributed by atoms with Gasteiger partial charge in [0.25, 0.3) is 0 Å². The second-order valence-corrected chi connectivity index (χ2v) is 5.21. The number of carbonyl (C=O) groups is 1. The molecule has 0 spiro atoms. The van der Waals surface area contributed by atoms with Crippen LogP contribution in [0.3, 0.4) is 0 Å². The highest BCUT2D eigenvalue weighted by Crippen LogP contribution is 2.27. The molecule has 1 rings (SSSR count). The highest BCUT2D eigenvalue weighted by atomic mass is 16.5. The lowest BCUT2D eigenvalue weighted by Gasteiger charge is -2.19. The van der Waals surface area contributed by atoms with Crippen LogP contribution < -0.4 is 15.2 Å². The van der Waals surface area contributed by atoms with Crippen molar-refractivity contribution in [3.63, 3.8) is 0 Å². The zero-order valence-electron chi connectivity index (χ0n) is 13.0. The first-order valence-electron chi connectivity index (χ1n) is 7.18. The smallest absolute Gasteiger partial charge is 0.307 e. The van der Waals surface area contributed by atoms with E-state index in [0.717, 1.165) is 29.9 Å². The number of hydrogen-bond acceptors (Lipinski definition) is 4. The Balaban J connectivity index is 2.83. The van der Waals surface area contributed by atoms with E-state index in [-0.39, 0.29) is 12.5 Å². The Morgan fingerprint density at radius 1 is 1.24 bits per heavy atom. The normalized spacial score (nSPS) is 13.5. The molecule has 0 aliphatic carbocycles. The van der Waals surface area contributed by atoms with Crippen LogP contribution in [0, 0.1) is 11.8 Å². The zero-order chi connectivity index (χ0) is 15.8. The number of carboxylic acids is 1. The van der Waals surface area contributed by atoms with Gasteiger partial charge in [0.15, 0.2) is 0 Å². The van der Waals surface area contributed by atoms with E-state index in [2.05, 4.69) is 6.92 Å². The molecule has 0 aromatic heterocycles. The molecule has 118 valence electrons. The summed E-state index contributed by atoms with van der Waals surface area (Å²) >= 11 is 0. The van der Waals surface area contributed by atoms with E-state index in [9.17, 15) is 4.79 Å². The fourth-order valence-corrected chi connectivity index (χ4v) is 2.41. The molecule has 0 heterocycles. The predicted molar refractivity (Wildman–Crippen MR) is 81.8 cm³/mol. The van der Waals surface area contributed by atoms with Gasteiger partial charge >= 0.3 is 5.97 Å². The summed E-state index contributed by atoms with van der Waals surface area (Å²) in [5, 5.41) is 9.13. The van der Waals surface area contributed by atoms with Crippen molar-refractivity contribution in [2.24, 2.45) is 17.6 Å². The molecule has 0 fully saturated rings. The van der Waals surface area contributed by atoms with Crippen molar-refractivity contribution in [2.75, 3.05) is 20.8 Å². The number of benzene rings is 1. The summed E-state index contributed by atoms with van der Waals surface area (Å²) < 4.78 is 10.5. The molecule has 0 amide bonds. The average Bonchev–Trinajstić information content (AvgIpc) is 2.50. The number of rotatable bonds is 9. The summed E-state index contributed by atoms with van der Waals surface area (Å²) in [5.74, 6) is 0.453. The van der Waals surface area contributed by atoms with Gasteiger partial charge in [-0.3, -0.25) is 4.79 Å². The fourth-order valence-electron chi connectivity index (χ4n) is 2.41. The largest absolute Gasteiger partial charge is 0.497 e. The molecule has 0 saturated heterocycles. The topological polar surface area (TPSA) is 81.8 Å². The Morgan fingerprint density at radius 2 is 1.81 bits per heavy atom. The van der Waals surface area contributed by atoms with Gasteiger partial charge in [-0.2, -0.15) is 0 Å². The first-order valence-corrected chi connectivity index (χ1v) is 7.18. The number of nitrogens with two attached hydrogens (primary N) is 1. The first-order chi connectivity index (χ1) is 10.0. The van der Waals surface area contributed by atoms with Crippen LogP contribution in [0.2, 0.25) is 0 Å². The molecule has 0 radical (unpaired) electrons. The number of aliphatic carboxylic acids is 1. The fraction of sp³-hybridized carbons (Fsp3) is 0.562. The van der Waals surface area contributed by atoms with Gasteiger partial charge in [-0.05, 0) is 36.5 Å². The summed E-state index contributed by atoms with van der Waals surface area (Å²) in [4.78, 5) is 11.1. The lowest BCUT2D eigenvalue weighted by atomic mass is 9.87. The van der Waals surface area contributed by atoms with Crippen LogP contribution in [0.5, 0.6) is 11.5 Å².